The van der Waals surface area contributed by atoms with Crippen molar-refractivity contribution in [2.75, 3.05) is 0 Å². The maximum absolute atomic E-state index is 13.6. The Bertz CT molecular complexity index is 1210. The largest absolute Gasteiger partial charge is 0.506 e. The average Bonchev–Trinajstić information content (AvgIpc) is 3.12. The molecule has 7 heteroatoms. The van der Waals surface area contributed by atoms with Crippen LogP contribution in [0, 0.1) is 12.7 Å². The third-order valence-electron chi connectivity index (χ3n) is 4.47. The second kappa shape index (κ2) is 6.35. The Hall–Kier alpha value is -3.48. The molecular weight excluding hydrogens is 349 g/mol. The van der Waals surface area contributed by atoms with Crippen LogP contribution in [0.3, 0.4) is 0 Å². The van der Waals surface area contributed by atoms with Gasteiger partial charge in [-0.3, -0.25) is 4.79 Å². The number of benzene rings is 2. The number of halogens is 1. The summed E-state index contributed by atoms with van der Waals surface area (Å²) >= 11 is 0. The van der Waals surface area contributed by atoms with Crippen molar-refractivity contribution in [3.63, 3.8) is 0 Å². The molecule has 136 valence electrons. The molecular formula is C20H16FN3O3. The van der Waals surface area contributed by atoms with E-state index in [-0.39, 0.29) is 17.2 Å². The lowest BCUT2D eigenvalue weighted by atomic mass is 10.1. The maximum Gasteiger partial charge on any atom is 0.267 e. The number of fused-ring (bicyclic) bond motifs is 1. The molecule has 0 spiro atoms. The zero-order valence-corrected chi connectivity index (χ0v) is 14.7. The molecule has 6 nitrogen and oxygen atoms in total. The van der Waals surface area contributed by atoms with E-state index in [1.807, 2.05) is 31.2 Å². The number of hydrogen-bond donors (Lipinski definition) is 1. The Labute approximate surface area is 153 Å². The Morgan fingerprint density at radius 2 is 1.93 bits per heavy atom. The minimum atomic E-state index is -0.521. The summed E-state index contributed by atoms with van der Waals surface area (Å²) in [5, 5.41) is 14.9. The van der Waals surface area contributed by atoms with E-state index in [0.717, 1.165) is 11.1 Å². The lowest BCUT2D eigenvalue weighted by Gasteiger charge is -2.11. The van der Waals surface area contributed by atoms with Crippen LogP contribution in [-0.2, 0) is 6.54 Å². The van der Waals surface area contributed by atoms with E-state index in [1.165, 1.54) is 22.8 Å². The zero-order chi connectivity index (χ0) is 19.1. The maximum atomic E-state index is 13.6. The number of aromatic nitrogens is 3. The van der Waals surface area contributed by atoms with Gasteiger partial charge in [-0.15, -0.1) is 0 Å². The van der Waals surface area contributed by atoms with Crippen LogP contribution in [-0.4, -0.2) is 19.8 Å². The molecule has 0 bridgehead atoms. The molecule has 0 aliphatic heterocycles. The Morgan fingerprint density at radius 3 is 2.63 bits per heavy atom. The van der Waals surface area contributed by atoms with Crippen molar-refractivity contribution in [3.8, 4) is 28.6 Å². The lowest BCUT2D eigenvalue weighted by molar-refractivity contribution is 0.425. The summed E-state index contributed by atoms with van der Waals surface area (Å²) in [5.41, 5.74) is 1.51. The molecule has 0 unspecified atom stereocenters. The summed E-state index contributed by atoms with van der Waals surface area (Å²) in [6.07, 6.45) is 0. The van der Waals surface area contributed by atoms with Gasteiger partial charge in [0.15, 0.2) is 0 Å². The molecule has 0 saturated carbocycles. The van der Waals surface area contributed by atoms with Crippen LogP contribution in [0.1, 0.15) is 12.5 Å². The first kappa shape index (κ1) is 17.0. The van der Waals surface area contributed by atoms with Crippen molar-refractivity contribution >= 4 is 10.9 Å². The molecule has 0 atom stereocenters. The van der Waals surface area contributed by atoms with Crippen LogP contribution < -0.4 is 5.56 Å². The molecule has 1 N–H and O–H groups in total. The monoisotopic (exact) mass is 365 g/mol. The van der Waals surface area contributed by atoms with Crippen LogP contribution in [0.2, 0.25) is 0 Å². The van der Waals surface area contributed by atoms with Crippen LogP contribution in [0.15, 0.2) is 51.8 Å². The predicted molar refractivity (Wildman–Crippen MR) is 99.0 cm³/mol. The number of aryl methyl sites for hydroxylation is 2. The van der Waals surface area contributed by atoms with Gasteiger partial charge in [0, 0.05) is 17.5 Å². The smallest absolute Gasteiger partial charge is 0.267 e. The standard InChI is InChI=1S/C20H16FN3O3/c1-3-24-15-10-13(21)8-9-14(15)17(25)16(20(24)26)19-22-18(23-27-19)12-6-4-11(2)5-7-12/h4-10,25H,3H2,1-2H3. The van der Waals surface area contributed by atoms with Crippen molar-refractivity contribution in [2.45, 2.75) is 20.4 Å². The molecule has 0 saturated heterocycles. The molecule has 2 heterocycles. The molecule has 2 aromatic carbocycles. The molecule has 0 fully saturated rings. The molecule has 4 rings (SSSR count). The van der Waals surface area contributed by atoms with Gasteiger partial charge in [0.25, 0.3) is 11.4 Å². The normalized spacial score (nSPS) is 11.2. The van der Waals surface area contributed by atoms with Crippen molar-refractivity contribution in [1.82, 2.24) is 14.7 Å². The number of pyridine rings is 1. The van der Waals surface area contributed by atoms with Crippen molar-refractivity contribution in [3.05, 3.63) is 64.2 Å². The Kier molecular flexibility index (Phi) is 3.99. The lowest BCUT2D eigenvalue weighted by Crippen LogP contribution is -2.21. The van der Waals surface area contributed by atoms with Gasteiger partial charge in [-0.25, -0.2) is 4.39 Å². The first-order chi connectivity index (χ1) is 13.0. The summed E-state index contributed by atoms with van der Waals surface area (Å²) in [5.74, 6) is -0.568. The number of nitrogens with zero attached hydrogens (tertiary/aromatic N) is 3. The first-order valence-electron chi connectivity index (χ1n) is 8.45. The molecule has 27 heavy (non-hydrogen) atoms. The van der Waals surface area contributed by atoms with E-state index in [1.54, 1.807) is 6.92 Å². The highest BCUT2D eigenvalue weighted by Gasteiger charge is 2.23. The van der Waals surface area contributed by atoms with Gasteiger partial charge in [0.1, 0.15) is 17.1 Å². The highest BCUT2D eigenvalue weighted by molar-refractivity contribution is 5.91. The topological polar surface area (TPSA) is 81.2 Å². The fourth-order valence-electron chi connectivity index (χ4n) is 3.06. The van der Waals surface area contributed by atoms with Gasteiger partial charge in [-0.05, 0) is 32.0 Å². The van der Waals surface area contributed by atoms with E-state index < -0.39 is 11.4 Å². The number of hydrogen-bond acceptors (Lipinski definition) is 5. The zero-order valence-electron chi connectivity index (χ0n) is 14.7. The van der Waals surface area contributed by atoms with E-state index in [4.69, 9.17) is 4.52 Å². The third kappa shape index (κ3) is 2.77. The van der Waals surface area contributed by atoms with Crippen molar-refractivity contribution in [2.24, 2.45) is 0 Å². The fraction of sp³-hybridized carbons (Fsp3) is 0.150. The number of rotatable bonds is 3. The molecule has 2 aromatic heterocycles. The van der Waals surface area contributed by atoms with E-state index in [2.05, 4.69) is 10.1 Å². The number of aromatic hydroxyl groups is 1. The molecule has 0 aliphatic carbocycles. The molecule has 0 radical (unpaired) electrons. The SMILES string of the molecule is CCn1c(=O)c(-c2nc(-c3ccc(C)cc3)no2)c(O)c2ccc(F)cc21. The second-order valence-electron chi connectivity index (χ2n) is 6.22. The highest BCUT2D eigenvalue weighted by Crippen LogP contribution is 2.33. The average molecular weight is 365 g/mol. The molecule has 0 aliphatic rings. The van der Waals surface area contributed by atoms with Gasteiger partial charge >= 0.3 is 0 Å². The minimum Gasteiger partial charge on any atom is -0.506 e. The van der Waals surface area contributed by atoms with E-state index >= 15 is 0 Å². The summed E-state index contributed by atoms with van der Waals surface area (Å²) < 4.78 is 20.2. The fourth-order valence-corrected chi connectivity index (χ4v) is 3.06. The highest BCUT2D eigenvalue weighted by atomic mass is 19.1. The van der Waals surface area contributed by atoms with Crippen LogP contribution in [0.25, 0.3) is 33.7 Å². The third-order valence-corrected chi connectivity index (χ3v) is 4.47. The summed E-state index contributed by atoms with van der Waals surface area (Å²) in [4.78, 5) is 17.2. The molecule has 4 aromatic rings. The van der Waals surface area contributed by atoms with Gasteiger partial charge in [-0.2, -0.15) is 4.98 Å². The molecule has 0 amide bonds. The van der Waals surface area contributed by atoms with E-state index in [0.29, 0.717) is 23.3 Å². The van der Waals surface area contributed by atoms with Crippen LogP contribution >= 0.6 is 0 Å². The van der Waals surface area contributed by atoms with Crippen LogP contribution in [0.4, 0.5) is 4.39 Å². The predicted octanol–water partition coefficient (Wildman–Crippen LogP) is 3.89. The van der Waals surface area contributed by atoms with Crippen molar-refractivity contribution in [1.29, 1.82) is 0 Å². The summed E-state index contributed by atoms with van der Waals surface area (Å²) in [6.45, 7) is 4.03. The summed E-state index contributed by atoms with van der Waals surface area (Å²) in [6, 6.07) is 11.4. The quantitative estimate of drug-likeness (QED) is 0.596. The van der Waals surface area contributed by atoms with Crippen LogP contribution in [0.5, 0.6) is 5.75 Å². The van der Waals surface area contributed by atoms with Gasteiger partial charge in [0.05, 0.1) is 5.52 Å². The summed E-state index contributed by atoms with van der Waals surface area (Å²) in [7, 11) is 0. The Balaban J connectivity index is 1.93. The Morgan fingerprint density at radius 1 is 1.19 bits per heavy atom. The van der Waals surface area contributed by atoms with Gasteiger partial charge < -0.3 is 14.2 Å². The van der Waals surface area contributed by atoms with Crippen molar-refractivity contribution < 1.29 is 14.0 Å². The van der Waals surface area contributed by atoms with Gasteiger partial charge in [0.2, 0.25) is 5.82 Å². The van der Waals surface area contributed by atoms with Gasteiger partial charge in [-0.1, -0.05) is 35.0 Å². The minimum absolute atomic E-state index is 0.0819. The second-order valence-corrected chi connectivity index (χ2v) is 6.22. The van der Waals surface area contributed by atoms with E-state index in [9.17, 15) is 14.3 Å². The first-order valence-corrected chi connectivity index (χ1v) is 8.45.